The van der Waals surface area contributed by atoms with Crippen LogP contribution in [0.5, 0.6) is 0 Å². The Bertz CT molecular complexity index is 872. The first kappa shape index (κ1) is 15.2. The minimum atomic E-state index is -0.230. The lowest BCUT2D eigenvalue weighted by Gasteiger charge is -2.10. The minimum absolute atomic E-state index is 0.230. The fourth-order valence-corrected chi connectivity index (χ4v) is 3.82. The molecular formula is C18H16ClNOS. The Morgan fingerprint density at radius 2 is 1.64 bits per heavy atom. The van der Waals surface area contributed by atoms with E-state index in [1.165, 1.54) is 11.1 Å². The molecule has 1 heterocycles. The molecule has 0 bridgehead atoms. The van der Waals surface area contributed by atoms with Gasteiger partial charge in [-0.25, -0.2) is 0 Å². The second-order valence-corrected chi connectivity index (χ2v) is 6.42. The predicted molar refractivity (Wildman–Crippen MR) is 95.0 cm³/mol. The van der Waals surface area contributed by atoms with E-state index in [4.69, 9.17) is 11.6 Å². The number of rotatable bonds is 4. The van der Waals surface area contributed by atoms with Crippen LogP contribution >= 0.6 is 23.4 Å². The molecule has 0 atom stereocenters. The summed E-state index contributed by atoms with van der Waals surface area (Å²) in [5.74, 6) is 0.825. The van der Waals surface area contributed by atoms with Crippen molar-refractivity contribution in [2.24, 2.45) is 0 Å². The smallest absolute Gasteiger partial charge is 0.268 e. The largest absolute Gasteiger partial charge is 0.315 e. The zero-order valence-corrected chi connectivity index (χ0v) is 13.8. The van der Waals surface area contributed by atoms with Gasteiger partial charge in [-0.3, -0.25) is 4.79 Å². The number of fused-ring (bicyclic) bond motifs is 1. The van der Waals surface area contributed by atoms with Gasteiger partial charge in [0, 0.05) is 16.5 Å². The molecule has 0 amide bonds. The van der Waals surface area contributed by atoms with Gasteiger partial charge in [-0.15, -0.1) is 11.8 Å². The predicted octanol–water partition coefficient (Wildman–Crippen LogP) is 5.04. The summed E-state index contributed by atoms with van der Waals surface area (Å²) >= 11 is 7.75. The molecule has 3 aromatic rings. The Morgan fingerprint density at radius 1 is 1.00 bits per heavy atom. The first-order chi connectivity index (χ1) is 10.7. The number of benzene rings is 2. The molecule has 112 valence electrons. The highest BCUT2D eigenvalue weighted by atomic mass is 35.5. The molecule has 0 fully saturated rings. The summed E-state index contributed by atoms with van der Waals surface area (Å²) in [6.45, 7) is 2.16. The van der Waals surface area contributed by atoms with E-state index in [2.05, 4.69) is 36.2 Å². The third-order valence-corrected chi connectivity index (χ3v) is 5.15. The molecule has 0 radical (unpaired) electrons. The Hall–Kier alpha value is -1.71. The maximum atomic E-state index is 12.0. The second-order valence-electron chi connectivity index (χ2n) is 5.05. The van der Waals surface area contributed by atoms with Crippen molar-refractivity contribution in [1.29, 1.82) is 0 Å². The molecule has 2 aromatic carbocycles. The fraction of sp³-hybridized carbons (Fsp3) is 0.167. The van der Waals surface area contributed by atoms with Gasteiger partial charge in [-0.05, 0) is 17.5 Å². The highest BCUT2D eigenvalue weighted by Crippen LogP contribution is 2.30. The van der Waals surface area contributed by atoms with Gasteiger partial charge in [-0.1, -0.05) is 67.1 Å². The van der Waals surface area contributed by atoms with Crippen LogP contribution < -0.4 is 5.56 Å². The van der Waals surface area contributed by atoms with Gasteiger partial charge in [0.1, 0.15) is 5.02 Å². The number of aromatic amines is 1. The Balaban J connectivity index is 1.98. The number of nitrogens with one attached hydrogen (secondary N) is 1. The van der Waals surface area contributed by atoms with Crippen LogP contribution in [0.15, 0.2) is 58.4 Å². The summed E-state index contributed by atoms with van der Waals surface area (Å²) < 4.78 is 0. The van der Waals surface area contributed by atoms with Crippen molar-refractivity contribution in [2.45, 2.75) is 24.1 Å². The van der Waals surface area contributed by atoms with E-state index in [9.17, 15) is 4.79 Å². The molecule has 4 heteroatoms. The Labute approximate surface area is 138 Å². The van der Waals surface area contributed by atoms with Crippen molar-refractivity contribution in [2.75, 3.05) is 0 Å². The molecule has 1 aromatic heterocycles. The van der Waals surface area contributed by atoms with Gasteiger partial charge in [-0.2, -0.15) is 0 Å². The summed E-state index contributed by atoms with van der Waals surface area (Å²) in [4.78, 5) is 14.9. The molecule has 0 spiro atoms. The lowest BCUT2D eigenvalue weighted by molar-refractivity contribution is 1.09. The standard InChI is InChI=1S/C18H16ClNOS/c1-2-12-7-3-4-8-13(12)11-22-18-15-10-6-5-9-14(15)16(19)17(21)20-18/h3-10H,2,11H2,1H3,(H,20,21). The van der Waals surface area contributed by atoms with Crippen LogP contribution in [0.1, 0.15) is 18.1 Å². The van der Waals surface area contributed by atoms with E-state index < -0.39 is 0 Å². The SMILES string of the molecule is CCc1ccccc1CSc1[nH]c(=O)c(Cl)c2ccccc12. The molecule has 0 saturated carbocycles. The van der Waals surface area contributed by atoms with Crippen LogP contribution in [0.2, 0.25) is 5.02 Å². The summed E-state index contributed by atoms with van der Waals surface area (Å²) in [5, 5.41) is 2.93. The van der Waals surface area contributed by atoms with Crippen LogP contribution in [0.4, 0.5) is 0 Å². The normalized spacial score (nSPS) is 11.0. The number of H-pyrrole nitrogens is 1. The number of aryl methyl sites for hydroxylation is 1. The summed E-state index contributed by atoms with van der Waals surface area (Å²) in [7, 11) is 0. The Kier molecular flexibility index (Phi) is 4.55. The summed E-state index contributed by atoms with van der Waals surface area (Å²) in [6.07, 6.45) is 1.01. The van der Waals surface area contributed by atoms with Crippen LogP contribution in [0, 0.1) is 0 Å². The zero-order valence-electron chi connectivity index (χ0n) is 12.2. The third kappa shape index (κ3) is 2.92. The minimum Gasteiger partial charge on any atom is -0.315 e. The van der Waals surface area contributed by atoms with Crippen LogP contribution in [-0.4, -0.2) is 4.98 Å². The first-order valence-corrected chi connectivity index (χ1v) is 8.57. The summed E-state index contributed by atoms with van der Waals surface area (Å²) in [5.41, 5.74) is 2.41. The molecule has 0 unspecified atom stereocenters. The second kappa shape index (κ2) is 6.59. The maximum Gasteiger partial charge on any atom is 0.268 e. The summed E-state index contributed by atoms with van der Waals surface area (Å²) in [6, 6.07) is 16.1. The number of hydrogen-bond donors (Lipinski definition) is 1. The van der Waals surface area contributed by atoms with Crippen molar-refractivity contribution < 1.29 is 0 Å². The van der Waals surface area contributed by atoms with Crippen LogP contribution in [0.3, 0.4) is 0 Å². The van der Waals surface area contributed by atoms with Crippen molar-refractivity contribution in [3.05, 3.63) is 75.0 Å². The Morgan fingerprint density at radius 3 is 2.36 bits per heavy atom. The first-order valence-electron chi connectivity index (χ1n) is 7.20. The molecule has 0 aliphatic carbocycles. The van der Waals surface area contributed by atoms with Gasteiger partial charge in [0.25, 0.3) is 5.56 Å². The highest BCUT2D eigenvalue weighted by molar-refractivity contribution is 7.98. The lowest BCUT2D eigenvalue weighted by atomic mass is 10.1. The van der Waals surface area contributed by atoms with Gasteiger partial charge >= 0.3 is 0 Å². The van der Waals surface area contributed by atoms with E-state index in [0.717, 1.165) is 28.0 Å². The van der Waals surface area contributed by atoms with E-state index in [0.29, 0.717) is 0 Å². The fourth-order valence-electron chi connectivity index (χ4n) is 2.53. The van der Waals surface area contributed by atoms with Crippen molar-refractivity contribution >= 4 is 34.1 Å². The molecule has 0 aliphatic rings. The van der Waals surface area contributed by atoms with Crippen LogP contribution in [-0.2, 0) is 12.2 Å². The van der Waals surface area contributed by atoms with Gasteiger partial charge in [0.05, 0.1) is 5.03 Å². The molecular weight excluding hydrogens is 314 g/mol. The van der Waals surface area contributed by atoms with E-state index in [1.54, 1.807) is 11.8 Å². The highest BCUT2D eigenvalue weighted by Gasteiger charge is 2.10. The van der Waals surface area contributed by atoms with E-state index in [-0.39, 0.29) is 10.6 Å². The number of pyridine rings is 1. The van der Waals surface area contributed by atoms with Gasteiger partial charge in [0.2, 0.25) is 0 Å². The average Bonchev–Trinajstić information content (AvgIpc) is 2.57. The number of aromatic nitrogens is 1. The molecule has 2 nitrogen and oxygen atoms in total. The van der Waals surface area contributed by atoms with E-state index in [1.807, 2.05) is 24.3 Å². The zero-order chi connectivity index (χ0) is 15.5. The van der Waals surface area contributed by atoms with E-state index >= 15 is 0 Å². The molecule has 3 rings (SSSR count). The number of halogens is 1. The van der Waals surface area contributed by atoms with Crippen molar-refractivity contribution in [1.82, 2.24) is 4.98 Å². The molecule has 1 N–H and O–H groups in total. The lowest BCUT2D eigenvalue weighted by Crippen LogP contribution is -2.08. The van der Waals surface area contributed by atoms with Crippen molar-refractivity contribution in [3.8, 4) is 0 Å². The van der Waals surface area contributed by atoms with Gasteiger partial charge in [0.15, 0.2) is 0 Å². The molecule has 0 aliphatic heterocycles. The average molecular weight is 330 g/mol. The molecule has 0 saturated heterocycles. The van der Waals surface area contributed by atoms with Crippen LogP contribution in [0.25, 0.3) is 10.8 Å². The van der Waals surface area contributed by atoms with Gasteiger partial charge < -0.3 is 4.98 Å². The molecule has 22 heavy (non-hydrogen) atoms. The maximum absolute atomic E-state index is 12.0. The van der Waals surface area contributed by atoms with Crippen molar-refractivity contribution in [3.63, 3.8) is 0 Å². The monoisotopic (exact) mass is 329 g/mol. The quantitative estimate of drug-likeness (QED) is 0.680. The third-order valence-electron chi connectivity index (χ3n) is 3.71. The number of hydrogen-bond acceptors (Lipinski definition) is 2. The topological polar surface area (TPSA) is 32.9 Å². The number of thioether (sulfide) groups is 1.